The molecule has 4 aliphatic heterocycles. The average molecular weight is 565 g/mol. The molecule has 1 aliphatic carbocycles. The van der Waals surface area contributed by atoms with E-state index in [1.54, 1.807) is 24.1 Å². The molecule has 1 aromatic rings. The Balaban J connectivity index is 1.27. The number of benzene rings is 1. The van der Waals surface area contributed by atoms with Crippen LogP contribution in [0.1, 0.15) is 64.7 Å². The number of carbonyl (C=O) groups is 3. The zero-order valence-electron chi connectivity index (χ0n) is 24.3. The van der Waals surface area contributed by atoms with Crippen LogP contribution >= 0.6 is 0 Å². The summed E-state index contributed by atoms with van der Waals surface area (Å²) in [6, 6.07) is 7.00. The van der Waals surface area contributed by atoms with Crippen LogP contribution in [0.2, 0.25) is 0 Å². The molecule has 5 aliphatic rings. The number of piperidine rings is 1. The van der Waals surface area contributed by atoms with Gasteiger partial charge in [0.15, 0.2) is 0 Å². The van der Waals surface area contributed by atoms with Gasteiger partial charge in [-0.3, -0.25) is 19.3 Å². The van der Waals surface area contributed by atoms with Crippen molar-refractivity contribution < 1.29 is 23.9 Å². The molecule has 9 nitrogen and oxygen atoms in total. The third-order valence-electron chi connectivity index (χ3n) is 10.1. The van der Waals surface area contributed by atoms with E-state index in [4.69, 9.17) is 9.47 Å². The summed E-state index contributed by atoms with van der Waals surface area (Å²) >= 11 is 0. The van der Waals surface area contributed by atoms with Crippen molar-refractivity contribution in [3.63, 3.8) is 0 Å². The molecule has 2 bridgehead atoms. The molecular formula is C32H44N4O5. The lowest BCUT2D eigenvalue weighted by atomic mass is 9.74. The average Bonchev–Trinajstić information content (AvgIpc) is 3.64. The van der Waals surface area contributed by atoms with Crippen molar-refractivity contribution in [2.75, 3.05) is 32.1 Å². The number of amides is 3. The van der Waals surface area contributed by atoms with E-state index in [1.807, 2.05) is 24.3 Å². The predicted octanol–water partition coefficient (Wildman–Crippen LogP) is 3.50. The van der Waals surface area contributed by atoms with Crippen molar-refractivity contribution in [3.8, 4) is 5.75 Å². The van der Waals surface area contributed by atoms with E-state index >= 15 is 0 Å². The summed E-state index contributed by atoms with van der Waals surface area (Å²) in [5.41, 5.74) is -0.539. The van der Waals surface area contributed by atoms with Gasteiger partial charge in [-0.05, 0) is 50.8 Å². The molecule has 4 fully saturated rings. The van der Waals surface area contributed by atoms with E-state index in [-0.39, 0.29) is 23.8 Å². The Hall–Kier alpha value is -2.91. The Morgan fingerprint density at radius 1 is 1.07 bits per heavy atom. The summed E-state index contributed by atoms with van der Waals surface area (Å²) in [7, 11) is 1.58. The van der Waals surface area contributed by atoms with Gasteiger partial charge in [0.1, 0.15) is 17.4 Å². The summed E-state index contributed by atoms with van der Waals surface area (Å²) in [5, 5.41) is 6.26. The second-order valence-corrected chi connectivity index (χ2v) is 12.4. The molecule has 0 aromatic heterocycles. The van der Waals surface area contributed by atoms with Crippen molar-refractivity contribution in [1.82, 2.24) is 15.1 Å². The molecule has 4 heterocycles. The van der Waals surface area contributed by atoms with Gasteiger partial charge in [-0.1, -0.05) is 50.8 Å². The Kier molecular flexibility index (Phi) is 8.10. The third-order valence-corrected chi connectivity index (χ3v) is 10.1. The van der Waals surface area contributed by atoms with Gasteiger partial charge in [0.05, 0.1) is 25.0 Å². The minimum absolute atomic E-state index is 0.116. The molecule has 9 heteroatoms. The smallest absolute Gasteiger partial charge is 0.246 e. The van der Waals surface area contributed by atoms with Crippen LogP contribution in [0.4, 0.5) is 5.69 Å². The Morgan fingerprint density at radius 2 is 1.88 bits per heavy atom. The van der Waals surface area contributed by atoms with E-state index in [0.29, 0.717) is 30.6 Å². The first kappa shape index (κ1) is 28.2. The molecule has 3 amide bonds. The maximum Gasteiger partial charge on any atom is 0.246 e. The van der Waals surface area contributed by atoms with Crippen molar-refractivity contribution in [1.29, 1.82) is 0 Å². The number of nitrogens with zero attached hydrogens (tertiary/aromatic N) is 2. The number of rotatable bonds is 9. The quantitative estimate of drug-likeness (QED) is 0.446. The van der Waals surface area contributed by atoms with Crippen molar-refractivity contribution in [2.24, 2.45) is 11.8 Å². The zero-order valence-corrected chi connectivity index (χ0v) is 24.3. The predicted molar refractivity (Wildman–Crippen MR) is 155 cm³/mol. The molecule has 4 unspecified atom stereocenters. The fraction of sp³-hybridized carbons (Fsp3) is 0.656. The van der Waals surface area contributed by atoms with E-state index in [1.165, 1.54) is 19.3 Å². The molecule has 3 saturated heterocycles. The zero-order chi connectivity index (χ0) is 28.6. The maximum atomic E-state index is 14.3. The number of likely N-dealkylation sites (tertiary alicyclic amines) is 2. The van der Waals surface area contributed by atoms with Crippen LogP contribution in [-0.4, -0.2) is 84.1 Å². The van der Waals surface area contributed by atoms with Crippen LogP contribution < -0.4 is 15.4 Å². The fourth-order valence-electron chi connectivity index (χ4n) is 8.01. The second kappa shape index (κ2) is 11.8. The monoisotopic (exact) mass is 564 g/mol. The van der Waals surface area contributed by atoms with Crippen molar-refractivity contribution in [2.45, 2.75) is 94.5 Å². The molecule has 6 atom stereocenters. The van der Waals surface area contributed by atoms with E-state index in [0.717, 1.165) is 45.1 Å². The first-order chi connectivity index (χ1) is 19.9. The Labute approximate surface area is 243 Å². The largest absolute Gasteiger partial charge is 0.497 e. The number of hydrogen-bond donors (Lipinski definition) is 2. The fourth-order valence-corrected chi connectivity index (χ4v) is 8.01. The Morgan fingerprint density at radius 3 is 2.66 bits per heavy atom. The lowest BCUT2D eigenvalue weighted by Crippen LogP contribution is -2.57. The number of nitrogens with one attached hydrogen (secondary N) is 2. The molecule has 1 aromatic carbocycles. The lowest BCUT2D eigenvalue weighted by molar-refractivity contribution is -0.141. The lowest BCUT2D eigenvalue weighted by Gasteiger charge is -2.38. The summed E-state index contributed by atoms with van der Waals surface area (Å²) in [5.74, 6) is -1.41. The maximum absolute atomic E-state index is 14.3. The van der Waals surface area contributed by atoms with Crippen LogP contribution in [0, 0.1) is 11.8 Å². The summed E-state index contributed by atoms with van der Waals surface area (Å²) in [4.78, 5) is 46.3. The number of anilines is 1. The SMILES string of the molecule is CCC1CCCCN1CCN1C(=O)[C@@H]2C(C(=O)Nc3cccc(OC)c3)[C@@H]3C=CC2(O3)C1C(=O)NC1CCCCC1. The normalized spacial score (nSPS) is 33.2. The molecule has 1 saturated carbocycles. The van der Waals surface area contributed by atoms with Crippen LogP contribution in [0.25, 0.3) is 0 Å². The van der Waals surface area contributed by atoms with Gasteiger partial charge < -0.3 is 25.0 Å². The molecule has 41 heavy (non-hydrogen) atoms. The molecule has 222 valence electrons. The van der Waals surface area contributed by atoms with Crippen LogP contribution in [-0.2, 0) is 19.1 Å². The highest BCUT2D eigenvalue weighted by molar-refractivity contribution is 6.02. The van der Waals surface area contributed by atoms with Gasteiger partial charge in [0.2, 0.25) is 17.7 Å². The number of carbonyl (C=O) groups excluding carboxylic acids is 3. The third kappa shape index (κ3) is 5.16. The van der Waals surface area contributed by atoms with Crippen LogP contribution in [0.3, 0.4) is 0 Å². The number of methoxy groups -OCH3 is 1. The summed E-state index contributed by atoms with van der Waals surface area (Å²) < 4.78 is 11.8. The van der Waals surface area contributed by atoms with Gasteiger partial charge >= 0.3 is 0 Å². The molecule has 0 radical (unpaired) electrons. The molecule has 6 rings (SSSR count). The highest BCUT2D eigenvalue weighted by atomic mass is 16.5. The van der Waals surface area contributed by atoms with Crippen molar-refractivity contribution >= 4 is 23.4 Å². The van der Waals surface area contributed by atoms with Gasteiger partial charge in [-0.25, -0.2) is 0 Å². The van der Waals surface area contributed by atoms with Crippen LogP contribution in [0.5, 0.6) is 5.75 Å². The topological polar surface area (TPSA) is 100 Å². The highest BCUT2D eigenvalue weighted by Gasteiger charge is 2.72. The minimum atomic E-state index is -1.14. The van der Waals surface area contributed by atoms with Gasteiger partial charge in [-0.15, -0.1) is 0 Å². The van der Waals surface area contributed by atoms with Gasteiger partial charge in [-0.2, -0.15) is 0 Å². The second-order valence-electron chi connectivity index (χ2n) is 12.4. The number of hydrogen-bond acceptors (Lipinski definition) is 6. The van der Waals surface area contributed by atoms with Gasteiger partial charge in [0.25, 0.3) is 0 Å². The van der Waals surface area contributed by atoms with E-state index in [2.05, 4.69) is 22.5 Å². The van der Waals surface area contributed by atoms with Gasteiger partial charge in [0, 0.05) is 36.9 Å². The van der Waals surface area contributed by atoms with Crippen LogP contribution in [0.15, 0.2) is 36.4 Å². The van der Waals surface area contributed by atoms with E-state index in [9.17, 15) is 14.4 Å². The number of ether oxygens (including phenoxy) is 2. The standard InChI is InChI=1S/C32H44N4O5/c1-3-23-13-7-8-17-35(23)18-19-36-28(30(38)33-21-10-5-4-6-11-21)32-16-15-25(41-32)26(27(32)31(36)39)29(37)34-22-12-9-14-24(20-22)40-2/h9,12,14-16,20-21,23,25-28H,3-8,10-11,13,17-19H2,1-2H3,(H,33,38)(H,34,37)/t23?,25-,26?,27-,28?,32?/m0/s1. The number of fused-ring (bicyclic) bond motifs is 1. The summed E-state index contributed by atoms with van der Waals surface area (Å²) in [6.45, 7) is 4.39. The first-order valence-electron chi connectivity index (χ1n) is 15.6. The molecule has 1 spiro atoms. The molecular weight excluding hydrogens is 520 g/mol. The van der Waals surface area contributed by atoms with Crippen molar-refractivity contribution in [3.05, 3.63) is 36.4 Å². The minimum Gasteiger partial charge on any atom is -0.497 e. The Bertz CT molecular complexity index is 1180. The summed E-state index contributed by atoms with van der Waals surface area (Å²) in [6.07, 6.45) is 13.2. The highest BCUT2D eigenvalue weighted by Crippen LogP contribution is 2.55. The molecule has 2 N–H and O–H groups in total. The first-order valence-corrected chi connectivity index (χ1v) is 15.6. The van der Waals surface area contributed by atoms with E-state index < -0.39 is 29.6 Å².